The van der Waals surface area contributed by atoms with Crippen LogP contribution >= 0.6 is 0 Å². The molecule has 1 heterocycles. The van der Waals surface area contributed by atoms with Crippen LogP contribution in [0.2, 0.25) is 0 Å². The van der Waals surface area contributed by atoms with Gasteiger partial charge in [0.1, 0.15) is 0 Å². The number of hydrogen-bond donors (Lipinski definition) is 2. The lowest BCUT2D eigenvalue weighted by atomic mass is 9.86. The Balaban J connectivity index is 1.29. The van der Waals surface area contributed by atoms with Gasteiger partial charge in [0.15, 0.2) is 0 Å². The third-order valence-corrected chi connectivity index (χ3v) is 7.55. The number of benzene rings is 2. The van der Waals surface area contributed by atoms with Crippen molar-refractivity contribution < 1.29 is 9.90 Å². The molecule has 2 aromatic rings. The summed E-state index contributed by atoms with van der Waals surface area (Å²) >= 11 is 0. The first-order valence-corrected chi connectivity index (χ1v) is 10.4. The third kappa shape index (κ3) is 2.62. The summed E-state index contributed by atoms with van der Waals surface area (Å²) in [7, 11) is 0. The number of carbonyl (C=O) groups is 1. The van der Waals surface area contributed by atoms with Gasteiger partial charge in [-0.05, 0) is 47.1 Å². The monoisotopic (exact) mass is 376 g/mol. The van der Waals surface area contributed by atoms with Crippen LogP contribution in [0.15, 0.2) is 48.5 Å². The molecule has 4 nitrogen and oxygen atoms in total. The number of nitrogens with two attached hydrogens (primary N) is 1. The van der Waals surface area contributed by atoms with Gasteiger partial charge in [0.2, 0.25) is 5.91 Å². The van der Waals surface area contributed by atoms with Gasteiger partial charge in [-0.2, -0.15) is 0 Å². The summed E-state index contributed by atoms with van der Waals surface area (Å²) in [5, 5.41) is 11.2. The minimum Gasteiger partial charge on any atom is -0.388 e. The summed E-state index contributed by atoms with van der Waals surface area (Å²) in [6, 6.07) is 16.3. The van der Waals surface area contributed by atoms with Crippen LogP contribution in [0.1, 0.15) is 40.4 Å². The third-order valence-electron chi connectivity index (χ3n) is 7.55. The van der Waals surface area contributed by atoms with Crippen LogP contribution in [-0.2, 0) is 18.3 Å². The Hall–Kier alpha value is -2.17. The number of β-amino-alcohol motifs (C(OH)–C–C–N with tert-alkyl or cyclic N) is 1. The Morgan fingerprint density at radius 3 is 2.32 bits per heavy atom. The fourth-order valence-electron chi connectivity index (χ4n) is 6.27. The molecule has 1 aliphatic heterocycles. The molecule has 4 heteroatoms. The Morgan fingerprint density at radius 1 is 1.11 bits per heavy atom. The number of primary amides is 1. The Bertz CT molecular complexity index is 901. The number of nitrogens with zero attached hydrogens (tertiary/aromatic N) is 1. The summed E-state index contributed by atoms with van der Waals surface area (Å²) in [5.74, 6) is 0.851. The number of likely N-dealkylation sites (tertiary alicyclic amines) is 1. The SMILES string of the molecule is CCC1(c2cccc(C(N)=O)c2)C2CN(CC3(O)Cc4ccccc4C3)CC21. The fraction of sp³-hybridized carbons (Fsp3) is 0.458. The molecule has 0 radical (unpaired) electrons. The van der Waals surface area contributed by atoms with Crippen molar-refractivity contribution in [1.29, 1.82) is 0 Å². The summed E-state index contributed by atoms with van der Waals surface area (Å²) in [6.45, 7) is 5.05. The second-order valence-electron chi connectivity index (χ2n) is 9.09. The van der Waals surface area contributed by atoms with Crippen molar-refractivity contribution in [1.82, 2.24) is 4.90 Å². The predicted molar refractivity (Wildman–Crippen MR) is 109 cm³/mol. The molecule has 0 aromatic heterocycles. The lowest BCUT2D eigenvalue weighted by Crippen LogP contribution is -2.45. The Labute approximate surface area is 166 Å². The zero-order chi connectivity index (χ0) is 19.5. The molecule has 1 saturated heterocycles. The van der Waals surface area contributed by atoms with E-state index in [0.29, 0.717) is 17.4 Å². The van der Waals surface area contributed by atoms with Crippen LogP contribution in [0.5, 0.6) is 0 Å². The minimum atomic E-state index is -0.638. The molecule has 5 rings (SSSR count). The van der Waals surface area contributed by atoms with Gasteiger partial charge >= 0.3 is 0 Å². The predicted octanol–water partition coefficient (Wildman–Crippen LogP) is 2.52. The minimum absolute atomic E-state index is 0.170. The van der Waals surface area contributed by atoms with Gasteiger partial charge in [-0.25, -0.2) is 0 Å². The fourth-order valence-corrected chi connectivity index (χ4v) is 6.27. The van der Waals surface area contributed by atoms with Crippen molar-refractivity contribution in [2.45, 2.75) is 37.2 Å². The van der Waals surface area contributed by atoms with Gasteiger partial charge in [0.25, 0.3) is 0 Å². The molecule has 1 saturated carbocycles. The molecule has 2 unspecified atom stereocenters. The zero-order valence-electron chi connectivity index (χ0n) is 16.4. The second-order valence-corrected chi connectivity index (χ2v) is 9.09. The highest BCUT2D eigenvalue weighted by Gasteiger charge is 2.67. The van der Waals surface area contributed by atoms with Crippen LogP contribution in [0.3, 0.4) is 0 Å². The Kier molecular flexibility index (Phi) is 3.94. The summed E-state index contributed by atoms with van der Waals surface area (Å²) in [5.41, 5.74) is 9.47. The average molecular weight is 377 g/mol. The standard InChI is InChI=1S/C24H28N2O2/c1-2-24(19-9-5-8-16(10-19)22(25)27)20-13-26(14-21(20)24)15-23(28)11-17-6-3-4-7-18(17)12-23/h3-10,20-21,28H,2,11-15H2,1H3,(H2,25,27). The van der Waals surface area contributed by atoms with E-state index in [9.17, 15) is 9.90 Å². The highest BCUT2D eigenvalue weighted by Crippen LogP contribution is 2.65. The topological polar surface area (TPSA) is 66.6 Å². The zero-order valence-corrected chi connectivity index (χ0v) is 16.4. The van der Waals surface area contributed by atoms with E-state index < -0.39 is 5.60 Å². The van der Waals surface area contributed by atoms with Crippen molar-refractivity contribution >= 4 is 5.91 Å². The number of aliphatic hydroxyl groups is 1. The quantitative estimate of drug-likeness (QED) is 0.843. The highest BCUT2D eigenvalue weighted by molar-refractivity contribution is 5.93. The molecule has 1 amide bonds. The van der Waals surface area contributed by atoms with Crippen LogP contribution in [0.4, 0.5) is 0 Å². The smallest absolute Gasteiger partial charge is 0.248 e. The van der Waals surface area contributed by atoms with Crippen molar-refractivity contribution in [3.05, 3.63) is 70.8 Å². The van der Waals surface area contributed by atoms with E-state index in [1.54, 1.807) is 6.07 Å². The molecular weight excluding hydrogens is 348 g/mol. The van der Waals surface area contributed by atoms with Gasteiger partial charge in [-0.1, -0.05) is 43.3 Å². The number of piperidine rings is 1. The highest BCUT2D eigenvalue weighted by atomic mass is 16.3. The molecule has 146 valence electrons. The summed E-state index contributed by atoms with van der Waals surface area (Å²) < 4.78 is 0. The van der Waals surface area contributed by atoms with Crippen LogP contribution in [0.25, 0.3) is 0 Å². The van der Waals surface area contributed by atoms with E-state index >= 15 is 0 Å². The Morgan fingerprint density at radius 2 is 1.75 bits per heavy atom. The number of amides is 1. The van der Waals surface area contributed by atoms with E-state index in [2.05, 4.69) is 42.2 Å². The maximum atomic E-state index is 11.6. The molecule has 2 fully saturated rings. The largest absolute Gasteiger partial charge is 0.388 e. The van der Waals surface area contributed by atoms with Crippen LogP contribution in [0, 0.1) is 11.8 Å². The van der Waals surface area contributed by atoms with Gasteiger partial charge in [-0.3, -0.25) is 9.69 Å². The molecule has 0 spiro atoms. The van der Waals surface area contributed by atoms with E-state index in [4.69, 9.17) is 5.73 Å². The van der Waals surface area contributed by atoms with Crippen molar-refractivity contribution in [3.8, 4) is 0 Å². The van der Waals surface area contributed by atoms with Crippen LogP contribution < -0.4 is 5.73 Å². The molecule has 28 heavy (non-hydrogen) atoms. The molecule has 3 N–H and O–H groups in total. The van der Waals surface area contributed by atoms with Gasteiger partial charge in [-0.15, -0.1) is 0 Å². The van der Waals surface area contributed by atoms with Crippen molar-refractivity contribution in [2.24, 2.45) is 17.6 Å². The molecule has 3 aliphatic rings. The number of rotatable bonds is 5. The van der Waals surface area contributed by atoms with E-state index in [-0.39, 0.29) is 11.3 Å². The average Bonchev–Trinajstić information content (AvgIpc) is 2.95. The number of fused-ring (bicyclic) bond motifs is 2. The van der Waals surface area contributed by atoms with E-state index in [0.717, 1.165) is 38.9 Å². The number of carbonyl (C=O) groups excluding carboxylic acids is 1. The first-order valence-electron chi connectivity index (χ1n) is 10.4. The summed E-state index contributed by atoms with van der Waals surface area (Å²) in [4.78, 5) is 14.0. The maximum absolute atomic E-state index is 11.6. The van der Waals surface area contributed by atoms with E-state index in [1.807, 2.05) is 12.1 Å². The van der Waals surface area contributed by atoms with Gasteiger partial charge in [0, 0.05) is 43.5 Å². The molecule has 2 aliphatic carbocycles. The molecular formula is C24H28N2O2. The van der Waals surface area contributed by atoms with Crippen LogP contribution in [-0.4, -0.2) is 41.1 Å². The van der Waals surface area contributed by atoms with Crippen molar-refractivity contribution in [3.63, 3.8) is 0 Å². The van der Waals surface area contributed by atoms with E-state index in [1.165, 1.54) is 16.7 Å². The number of hydrogen-bond acceptors (Lipinski definition) is 3. The lowest BCUT2D eigenvalue weighted by Gasteiger charge is -2.32. The second kappa shape index (κ2) is 6.16. The molecule has 0 bridgehead atoms. The first-order chi connectivity index (χ1) is 13.4. The maximum Gasteiger partial charge on any atom is 0.248 e. The molecule has 2 atom stereocenters. The lowest BCUT2D eigenvalue weighted by molar-refractivity contribution is 0.0139. The van der Waals surface area contributed by atoms with Gasteiger partial charge in [0.05, 0.1) is 5.60 Å². The van der Waals surface area contributed by atoms with Gasteiger partial charge < -0.3 is 10.8 Å². The normalized spacial score (nSPS) is 30.1. The first kappa shape index (κ1) is 17.9. The molecule has 2 aromatic carbocycles. The van der Waals surface area contributed by atoms with Crippen molar-refractivity contribution in [2.75, 3.05) is 19.6 Å². The summed E-state index contributed by atoms with van der Waals surface area (Å²) in [6.07, 6.45) is 2.59.